The lowest BCUT2D eigenvalue weighted by Crippen LogP contribution is -2.43. The molecule has 0 saturated carbocycles. The molecule has 2 rings (SSSR count). The largest absolute Gasteiger partial charge is 0.497 e. The van der Waals surface area contributed by atoms with Crippen LogP contribution in [0.15, 0.2) is 24.3 Å². The van der Waals surface area contributed by atoms with E-state index in [0.717, 1.165) is 11.3 Å². The summed E-state index contributed by atoms with van der Waals surface area (Å²) in [5, 5.41) is -0.386. The van der Waals surface area contributed by atoms with Crippen LogP contribution in [-0.2, 0) is 21.2 Å². The second kappa shape index (κ2) is 6.56. The van der Waals surface area contributed by atoms with Gasteiger partial charge in [-0.25, -0.2) is 13.1 Å². The zero-order valence-corrected chi connectivity index (χ0v) is 12.7. The zero-order chi connectivity index (χ0) is 14.6. The topological polar surface area (TPSA) is 64.6 Å². The molecular weight excluding hydrogens is 278 g/mol. The molecule has 0 aromatic heterocycles. The third-order valence-corrected chi connectivity index (χ3v) is 5.73. The van der Waals surface area contributed by atoms with E-state index in [0.29, 0.717) is 26.1 Å². The quantitative estimate of drug-likeness (QED) is 0.887. The summed E-state index contributed by atoms with van der Waals surface area (Å²) >= 11 is 0. The first kappa shape index (κ1) is 15.3. The van der Waals surface area contributed by atoms with Crippen molar-refractivity contribution in [3.63, 3.8) is 0 Å². The maximum Gasteiger partial charge on any atom is 0.214 e. The molecule has 0 bridgehead atoms. The van der Waals surface area contributed by atoms with Gasteiger partial charge in [0.2, 0.25) is 10.0 Å². The smallest absolute Gasteiger partial charge is 0.214 e. The van der Waals surface area contributed by atoms with Crippen molar-refractivity contribution in [1.29, 1.82) is 0 Å². The summed E-state index contributed by atoms with van der Waals surface area (Å²) in [6.45, 7) is 0.988. The highest BCUT2D eigenvalue weighted by molar-refractivity contribution is 7.90. The fraction of sp³-hybridized carbons (Fsp3) is 0.571. The van der Waals surface area contributed by atoms with Crippen LogP contribution in [0, 0.1) is 5.92 Å². The Kier molecular flexibility index (Phi) is 5.01. The van der Waals surface area contributed by atoms with Gasteiger partial charge in [0.1, 0.15) is 5.75 Å². The maximum atomic E-state index is 12.1. The van der Waals surface area contributed by atoms with Gasteiger partial charge < -0.3 is 9.47 Å². The van der Waals surface area contributed by atoms with Crippen molar-refractivity contribution in [2.24, 2.45) is 5.92 Å². The van der Waals surface area contributed by atoms with Crippen molar-refractivity contribution in [1.82, 2.24) is 4.72 Å². The molecule has 1 aromatic carbocycles. The number of hydrogen-bond donors (Lipinski definition) is 1. The predicted molar refractivity (Wildman–Crippen MR) is 77.4 cm³/mol. The molecular formula is C14H21NO4S. The second-order valence-corrected chi connectivity index (χ2v) is 7.07. The first-order valence-corrected chi connectivity index (χ1v) is 8.24. The van der Waals surface area contributed by atoms with Crippen molar-refractivity contribution < 1.29 is 17.9 Å². The number of rotatable bonds is 5. The van der Waals surface area contributed by atoms with Gasteiger partial charge >= 0.3 is 0 Å². The van der Waals surface area contributed by atoms with E-state index in [-0.39, 0.29) is 11.2 Å². The average molecular weight is 299 g/mol. The molecule has 1 saturated heterocycles. The molecule has 2 atom stereocenters. The lowest BCUT2D eigenvalue weighted by Gasteiger charge is -2.31. The maximum absolute atomic E-state index is 12.1. The van der Waals surface area contributed by atoms with E-state index in [1.807, 2.05) is 24.3 Å². The van der Waals surface area contributed by atoms with E-state index in [1.54, 1.807) is 7.11 Å². The van der Waals surface area contributed by atoms with Gasteiger partial charge in [0.05, 0.1) is 19.0 Å². The second-order valence-electron chi connectivity index (χ2n) is 4.96. The fourth-order valence-corrected chi connectivity index (χ4v) is 3.98. The summed E-state index contributed by atoms with van der Waals surface area (Å²) in [6.07, 6.45) is 1.24. The SMILES string of the molecule is CNS(=O)(=O)[C@@H]1CCOC[C@H]1Cc1ccc(OC)cc1. The van der Waals surface area contributed by atoms with Crippen LogP contribution >= 0.6 is 0 Å². The van der Waals surface area contributed by atoms with E-state index in [1.165, 1.54) is 7.05 Å². The van der Waals surface area contributed by atoms with Crippen LogP contribution in [0.5, 0.6) is 5.75 Å². The number of ether oxygens (including phenoxy) is 2. The lowest BCUT2D eigenvalue weighted by atomic mass is 9.93. The monoisotopic (exact) mass is 299 g/mol. The molecule has 0 aliphatic carbocycles. The van der Waals surface area contributed by atoms with Crippen molar-refractivity contribution in [2.75, 3.05) is 27.4 Å². The van der Waals surface area contributed by atoms with Crippen LogP contribution in [0.3, 0.4) is 0 Å². The molecule has 0 amide bonds. The summed E-state index contributed by atoms with van der Waals surface area (Å²) in [5.41, 5.74) is 1.10. The minimum atomic E-state index is -3.26. The third-order valence-electron chi connectivity index (χ3n) is 3.74. The van der Waals surface area contributed by atoms with Gasteiger partial charge in [-0.1, -0.05) is 12.1 Å². The summed E-state index contributed by atoms with van der Waals surface area (Å²) in [5.74, 6) is 0.780. The Morgan fingerprint density at radius 3 is 2.65 bits per heavy atom. The Labute approximate surface area is 120 Å². The van der Waals surface area contributed by atoms with E-state index in [4.69, 9.17) is 9.47 Å². The standard InChI is InChI=1S/C14H21NO4S/c1-15-20(16,17)14-7-8-19-10-12(14)9-11-3-5-13(18-2)6-4-11/h3-6,12,14-15H,7-10H2,1-2H3/t12-,14-/m1/s1. The number of sulfonamides is 1. The molecule has 1 fully saturated rings. The molecule has 1 aliphatic rings. The lowest BCUT2D eigenvalue weighted by molar-refractivity contribution is 0.0570. The molecule has 1 aromatic rings. The zero-order valence-electron chi connectivity index (χ0n) is 11.8. The number of methoxy groups -OCH3 is 1. The van der Waals surface area contributed by atoms with Crippen molar-refractivity contribution in [3.05, 3.63) is 29.8 Å². The Morgan fingerprint density at radius 2 is 2.05 bits per heavy atom. The van der Waals surface area contributed by atoms with Gasteiger partial charge in [-0.15, -0.1) is 0 Å². The van der Waals surface area contributed by atoms with Gasteiger partial charge in [0.25, 0.3) is 0 Å². The van der Waals surface area contributed by atoms with Crippen LogP contribution in [-0.4, -0.2) is 41.0 Å². The van der Waals surface area contributed by atoms with Crippen LogP contribution in [0.4, 0.5) is 0 Å². The molecule has 1 N–H and O–H groups in total. The minimum absolute atomic E-state index is 0.0189. The number of nitrogens with one attached hydrogen (secondary N) is 1. The third kappa shape index (κ3) is 3.50. The average Bonchev–Trinajstić information content (AvgIpc) is 2.48. The van der Waals surface area contributed by atoms with Gasteiger partial charge in [-0.05, 0) is 37.6 Å². The van der Waals surface area contributed by atoms with Gasteiger partial charge in [-0.3, -0.25) is 0 Å². The first-order chi connectivity index (χ1) is 9.56. The predicted octanol–water partition coefficient (Wildman–Crippen LogP) is 1.19. The van der Waals surface area contributed by atoms with Crippen LogP contribution in [0.25, 0.3) is 0 Å². The van der Waals surface area contributed by atoms with Crippen molar-refractivity contribution in [2.45, 2.75) is 18.1 Å². The molecule has 20 heavy (non-hydrogen) atoms. The van der Waals surface area contributed by atoms with Crippen molar-refractivity contribution in [3.8, 4) is 5.75 Å². The molecule has 112 valence electrons. The van der Waals surface area contributed by atoms with Crippen molar-refractivity contribution >= 4 is 10.0 Å². The summed E-state index contributed by atoms with van der Waals surface area (Å²) < 4.78 is 37.2. The molecule has 1 aliphatic heterocycles. The first-order valence-electron chi connectivity index (χ1n) is 6.70. The Hall–Kier alpha value is -1.11. The molecule has 0 unspecified atom stereocenters. The summed E-state index contributed by atoms with van der Waals surface area (Å²) in [4.78, 5) is 0. The minimum Gasteiger partial charge on any atom is -0.497 e. The highest BCUT2D eigenvalue weighted by atomic mass is 32.2. The molecule has 0 spiro atoms. The highest BCUT2D eigenvalue weighted by Crippen LogP contribution is 2.25. The normalized spacial score (nSPS) is 23.5. The van der Waals surface area contributed by atoms with Gasteiger partial charge in [0, 0.05) is 12.5 Å². The van der Waals surface area contributed by atoms with E-state index >= 15 is 0 Å². The molecule has 1 heterocycles. The number of benzene rings is 1. The molecule has 0 radical (unpaired) electrons. The van der Waals surface area contributed by atoms with Crippen LogP contribution in [0.1, 0.15) is 12.0 Å². The Balaban J connectivity index is 2.12. The van der Waals surface area contributed by atoms with Gasteiger partial charge in [0.15, 0.2) is 0 Å². The van der Waals surface area contributed by atoms with Crippen LogP contribution < -0.4 is 9.46 Å². The molecule has 5 nitrogen and oxygen atoms in total. The van der Waals surface area contributed by atoms with Gasteiger partial charge in [-0.2, -0.15) is 0 Å². The number of hydrogen-bond acceptors (Lipinski definition) is 4. The fourth-order valence-electron chi connectivity index (χ4n) is 2.59. The van der Waals surface area contributed by atoms with E-state index in [2.05, 4.69) is 4.72 Å². The Bertz CT molecular complexity index is 527. The Morgan fingerprint density at radius 1 is 1.35 bits per heavy atom. The summed E-state index contributed by atoms with van der Waals surface area (Å²) in [6, 6.07) is 7.72. The summed E-state index contributed by atoms with van der Waals surface area (Å²) in [7, 11) is -0.166. The highest BCUT2D eigenvalue weighted by Gasteiger charge is 2.35. The van der Waals surface area contributed by atoms with E-state index < -0.39 is 10.0 Å². The van der Waals surface area contributed by atoms with Crippen LogP contribution in [0.2, 0.25) is 0 Å². The van der Waals surface area contributed by atoms with E-state index in [9.17, 15) is 8.42 Å². The molecule has 6 heteroatoms.